The summed E-state index contributed by atoms with van der Waals surface area (Å²) in [6.45, 7) is 7.28. The van der Waals surface area contributed by atoms with E-state index in [-0.39, 0.29) is 0 Å². The van der Waals surface area contributed by atoms with Gasteiger partial charge in [0, 0.05) is 0 Å². The largest absolute Gasteiger partial charge is 0.748 e. The fourth-order valence-electron chi connectivity index (χ4n) is 0.982. The van der Waals surface area contributed by atoms with Gasteiger partial charge in [-0.15, -0.1) is 6.58 Å². The van der Waals surface area contributed by atoms with Crippen molar-refractivity contribution >= 4 is 10.1 Å². The van der Waals surface area contributed by atoms with Crippen LogP contribution in [-0.2, 0) is 14.9 Å². The van der Waals surface area contributed by atoms with Gasteiger partial charge in [0.25, 0.3) is 0 Å². The van der Waals surface area contributed by atoms with Crippen molar-refractivity contribution in [3.8, 4) is 0 Å². The van der Waals surface area contributed by atoms with Gasteiger partial charge in [0.15, 0.2) is 0 Å². The topological polar surface area (TPSA) is 66.4 Å². The first-order valence-corrected chi connectivity index (χ1v) is 6.29. The van der Waals surface area contributed by atoms with E-state index in [1.165, 1.54) is 13.1 Å². The highest BCUT2D eigenvalue weighted by molar-refractivity contribution is 7.85. The Morgan fingerprint density at radius 1 is 1.40 bits per heavy atom. The molecular weight excluding hydrogens is 218 g/mol. The van der Waals surface area contributed by atoms with Gasteiger partial charge in [-0.1, -0.05) is 6.08 Å². The molecule has 0 aliphatic carbocycles. The summed E-state index contributed by atoms with van der Waals surface area (Å²) in [5, 5.41) is 0. The lowest BCUT2D eigenvalue weighted by molar-refractivity contribution is -0.898. The van der Waals surface area contributed by atoms with E-state index in [4.69, 9.17) is 4.74 Å². The van der Waals surface area contributed by atoms with Crippen molar-refractivity contribution < 1.29 is 22.2 Å². The zero-order chi connectivity index (χ0) is 11.9. The number of morpholine rings is 1. The van der Waals surface area contributed by atoms with Gasteiger partial charge < -0.3 is 13.8 Å². The van der Waals surface area contributed by atoms with E-state index in [0.29, 0.717) is 0 Å². The fourth-order valence-corrected chi connectivity index (χ4v) is 1.27. The summed E-state index contributed by atoms with van der Waals surface area (Å²) in [5.74, 6) is -0.479. The molecule has 0 atom stereocenters. The Balaban J connectivity index is 0.000000265. The van der Waals surface area contributed by atoms with E-state index in [0.717, 1.165) is 23.8 Å². The molecule has 0 aromatic rings. The third kappa shape index (κ3) is 9.86. The second-order valence-electron chi connectivity index (χ2n) is 4.01. The minimum atomic E-state index is -4.04. The van der Waals surface area contributed by atoms with Crippen molar-refractivity contribution in [1.82, 2.24) is 0 Å². The monoisotopic (exact) mass is 237 g/mol. The standard InChI is InChI=1S/C6H14NO.C3H6O3S/c1-7(2)3-5-8-6-4-7;1-2-3-7(4,5)6/h3-6H2,1-2H3;2H,1,3H2,(H,4,5,6)/q+1;/p-1. The van der Waals surface area contributed by atoms with Crippen molar-refractivity contribution in [3.05, 3.63) is 12.7 Å². The Morgan fingerprint density at radius 2 is 1.87 bits per heavy atom. The quantitative estimate of drug-likeness (QED) is 0.379. The molecule has 0 amide bonds. The maximum Gasteiger partial charge on any atom is 0.102 e. The average molecular weight is 237 g/mol. The highest BCUT2D eigenvalue weighted by Gasteiger charge is 2.18. The van der Waals surface area contributed by atoms with Gasteiger partial charge in [-0.25, -0.2) is 8.42 Å². The van der Waals surface area contributed by atoms with Crippen LogP contribution in [-0.4, -0.2) is 63.6 Å². The lowest BCUT2D eigenvalue weighted by Crippen LogP contribution is -2.48. The van der Waals surface area contributed by atoms with E-state index in [1.807, 2.05) is 0 Å². The summed E-state index contributed by atoms with van der Waals surface area (Å²) >= 11 is 0. The molecule has 90 valence electrons. The molecule has 1 fully saturated rings. The molecule has 1 heterocycles. The highest BCUT2D eigenvalue weighted by atomic mass is 32.2. The van der Waals surface area contributed by atoms with Crippen LogP contribution in [0, 0.1) is 0 Å². The van der Waals surface area contributed by atoms with E-state index in [1.54, 1.807) is 0 Å². The number of hydrogen-bond acceptors (Lipinski definition) is 4. The van der Waals surface area contributed by atoms with Crippen molar-refractivity contribution in [1.29, 1.82) is 0 Å². The van der Waals surface area contributed by atoms with Gasteiger partial charge in [0.05, 0.1) is 43.2 Å². The van der Waals surface area contributed by atoms with Crippen molar-refractivity contribution in [2.45, 2.75) is 0 Å². The Bertz CT molecular complexity index is 276. The van der Waals surface area contributed by atoms with Gasteiger partial charge in [0.2, 0.25) is 0 Å². The van der Waals surface area contributed by atoms with Crippen LogP contribution in [0.15, 0.2) is 12.7 Å². The molecular formula is C9H19NO4S. The van der Waals surface area contributed by atoms with Gasteiger partial charge in [-0.05, 0) is 0 Å². The Morgan fingerprint density at radius 3 is 2.00 bits per heavy atom. The lowest BCUT2D eigenvalue weighted by Gasteiger charge is -2.33. The number of ether oxygens (including phenoxy) is 1. The number of likely N-dealkylation sites (N-methyl/N-ethyl adjacent to an activating group) is 1. The number of rotatable bonds is 2. The second kappa shape index (κ2) is 6.22. The number of nitrogens with zero attached hydrogens (tertiary/aromatic N) is 1. The van der Waals surface area contributed by atoms with Crippen LogP contribution in [0.5, 0.6) is 0 Å². The van der Waals surface area contributed by atoms with Gasteiger partial charge >= 0.3 is 0 Å². The molecule has 0 aromatic carbocycles. The fraction of sp³-hybridized carbons (Fsp3) is 0.778. The molecule has 1 aliphatic rings. The molecule has 15 heavy (non-hydrogen) atoms. The highest BCUT2D eigenvalue weighted by Crippen LogP contribution is 2.01. The zero-order valence-corrected chi connectivity index (χ0v) is 10.1. The smallest absolute Gasteiger partial charge is 0.102 e. The molecule has 0 spiro atoms. The van der Waals surface area contributed by atoms with Crippen LogP contribution in [0.4, 0.5) is 0 Å². The summed E-state index contributed by atoms with van der Waals surface area (Å²) in [4.78, 5) is 0. The summed E-state index contributed by atoms with van der Waals surface area (Å²) in [7, 11) is 0.435. The van der Waals surface area contributed by atoms with E-state index in [9.17, 15) is 13.0 Å². The Labute approximate surface area is 91.7 Å². The molecule has 0 saturated carbocycles. The molecule has 1 rings (SSSR count). The van der Waals surface area contributed by atoms with Crippen LogP contribution in [0.25, 0.3) is 0 Å². The van der Waals surface area contributed by atoms with Crippen LogP contribution in [0.3, 0.4) is 0 Å². The average Bonchev–Trinajstić information content (AvgIpc) is 2.02. The molecule has 1 saturated heterocycles. The summed E-state index contributed by atoms with van der Waals surface area (Å²) in [6, 6.07) is 0. The van der Waals surface area contributed by atoms with Crippen LogP contribution in [0.1, 0.15) is 0 Å². The maximum atomic E-state index is 9.60. The van der Waals surface area contributed by atoms with Gasteiger partial charge in [0.1, 0.15) is 13.1 Å². The second-order valence-corrected chi connectivity index (χ2v) is 5.46. The van der Waals surface area contributed by atoms with Crippen molar-refractivity contribution in [2.75, 3.05) is 46.2 Å². The van der Waals surface area contributed by atoms with Gasteiger partial charge in [-0.3, -0.25) is 0 Å². The molecule has 1 aliphatic heterocycles. The van der Waals surface area contributed by atoms with Crippen molar-refractivity contribution in [3.63, 3.8) is 0 Å². The molecule has 0 N–H and O–H groups in total. The third-order valence-electron chi connectivity index (χ3n) is 2.00. The molecule has 5 nitrogen and oxygen atoms in total. The first kappa shape index (κ1) is 14.6. The molecule has 0 aromatic heterocycles. The SMILES string of the molecule is C=CCS(=O)(=O)[O-].C[N+]1(C)CCOCC1. The lowest BCUT2D eigenvalue weighted by atomic mass is 10.4. The Kier molecular flexibility index (Phi) is 6.04. The van der Waals surface area contributed by atoms with Gasteiger partial charge in [-0.2, -0.15) is 0 Å². The number of quaternary nitrogens is 1. The van der Waals surface area contributed by atoms with E-state index in [2.05, 4.69) is 20.7 Å². The van der Waals surface area contributed by atoms with Crippen LogP contribution >= 0.6 is 0 Å². The van der Waals surface area contributed by atoms with E-state index < -0.39 is 15.9 Å². The molecule has 6 heteroatoms. The first-order valence-electron chi connectivity index (χ1n) is 4.71. The van der Waals surface area contributed by atoms with Crippen LogP contribution in [0.2, 0.25) is 0 Å². The minimum absolute atomic E-state index is 0.479. The molecule has 0 unspecified atom stereocenters. The normalized spacial score (nSPS) is 19.9. The predicted molar refractivity (Wildman–Crippen MR) is 57.4 cm³/mol. The summed E-state index contributed by atoms with van der Waals surface area (Å²) in [5.41, 5.74) is 0. The molecule has 0 radical (unpaired) electrons. The first-order chi connectivity index (χ1) is 6.77. The summed E-state index contributed by atoms with van der Waals surface area (Å²) < 4.78 is 35.1. The maximum absolute atomic E-state index is 9.60. The zero-order valence-electron chi connectivity index (χ0n) is 9.31. The number of hydrogen-bond donors (Lipinski definition) is 0. The van der Waals surface area contributed by atoms with Crippen molar-refractivity contribution in [2.24, 2.45) is 0 Å². The van der Waals surface area contributed by atoms with Crippen LogP contribution < -0.4 is 0 Å². The minimum Gasteiger partial charge on any atom is -0.748 e. The summed E-state index contributed by atoms with van der Waals surface area (Å²) in [6.07, 6.45) is 1.06. The molecule has 0 bridgehead atoms. The third-order valence-corrected chi connectivity index (χ3v) is 2.65. The van der Waals surface area contributed by atoms with E-state index >= 15 is 0 Å². The predicted octanol–water partition coefficient (Wildman–Crippen LogP) is -0.189. The Hall–Kier alpha value is -0.430.